The first-order valence-corrected chi connectivity index (χ1v) is 10.5. The summed E-state index contributed by atoms with van der Waals surface area (Å²) in [5.74, 6) is 0.598. The van der Waals surface area contributed by atoms with Gasteiger partial charge in [-0.3, -0.25) is 9.48 Å². The number of aromatic hydroxyl groups is 1. The molecule has 1 N–H and O–H groups in total. The smallest absolute Gasteiger partial charge is 0.259 e. The van der Waals surface area contributed by atoms with E-state index in [0.29, 0.717) is 47.8 Å². The van der Waals surface area contributed by atoms with Crippen LogP contribution in [0.5, 0.6) is 17.5 Å². The standard InChI is InChI=1S/C21H21Cl2N5O3/c1-14-20(23)21(31-18-4-2-3-7-24-18)25-28(14)13-19(30)27-10-8-26(9-11-27)15-5-6-16(22)17(29)12-15/h2-7,12,29H,8-11,13H2,1H3. The summed E-state index contributed by atoms with van der Waals surface area (Å²) in [4.78, 5) is 20.8. The number of hydrogen-bond acceptors (Lipinski definition) is 6. The maximum atomic E-state index is 12.8. The molecule has 3 heterocycles. The number of anilines is 1. The Hall–Kier alpha value is -2.97. The Kier molecular flexibility index (Phi) is 6.20. The van der Waals surface area contributed by atoms with Crippen LogP contribution in [0, 0.1) is 6.92 Å². The summed E-state index contributed by atoms with van der Waals surface area (Å²) in [5, 5.41) is 14.8. The average molecular weight is 462 g/mol. The van der Waals surface area contributed by atoms with E-state index in [0.717, 1.165) is 5.69 Å². The number of carbonyl (C=O) groups excluding carboxylic acids is 1. The fraction of sp³-hybridized carbons (Fsp3) is 0.286. The van der Waals surface area contributed by atoms with Crippen molar-refractivity contribution in [3.05, 3.63) is 58.3 Å². The minimum Gasteiger partial charge on any atom is -0.506 e. The molecule has 1 fully saturated rings. The lowest BCUT2D eigenvalue weighted by molar-refractivity contribution is -0.132. The summed E-state index contributed by atoms with van der Waals surface area (Å²) in [6.07, 6.45) is 1.61. The number of halogens is 2. The van der Waals surface area contributed by atoms with Crippen molar-refractivity contribution in [3.63, 3.8) is 0 Å². The molecule has 31 heavy (non-hydrogen) atoms. The lowest BCUT2D eigenvalue weighted by atomic mass is 10.2. The summed E-state index contributed by atoms with van der Waals surface area (Å²) in [5.41, 5.74) is 1.52. The van der Waals surface area contributed by atoms with Gasteiger partial charge in [-0.05, 0) is 25.1 Å². The number of phenols is 1. The maximum Gasteiger partial charge on any atom is 0.259 e. The molecule has 0 aliphatic carbocycles. The number of amides is 1. The lowest BCUT2D eigenvalue weighted by Crippen LogP contribution is -2.49. The molecule has 1 aliphatic heterocycles. The average Bonchev–Trinajstić information content (AvgIpc) is 3.04. The Morgan fingerprint density at radius 2 is 1.94 bits per heavy atom. The van der Waals surface area contributed by atoms with E-state index in [4.69, 9.17) is 27.9 Å². The van der Waals surface area contributed by atoms with Crippen molar-refractivity contribution in [1.82, 2.24) is 19.7 Å². The third-order valence-electron chi connectivity index (χ3n) is 5.16. The summed E-state index contributed by atoms with van der Waals surface area (Å²) in [6, 6.07) is 10.4. The number of aromatic nitrogens is 3. The largest absolute Gasteiger partial charge is 0.506 e. The molecular weight excluding hydrogens is 441 g/mol. The van der Waals surface area contributed by atoms with E-state index in [2.05, 4.69) is 15.0 Å². The van der Waals surface area contributed by atoms with Gasteiger partial charge < -0.3 is 19.6 Å². The van der Waals surface area contributed by atoms with Crippen LogP contribution in [-0.4, -0.2) is 56.9 Å². The second-order valence-corrected chi connectivity index (χ2v) is 7.92. The third-order valence-corrected chi connectivity index (χ3v) is 5.91. The highest BCUT2D eigenvalue weighted by Gasteiger charge is 2.24. The molecule has 0 unspecified atom stereocenters. The van der Waals surface area contributed by atoms with E-state index in [1.165, 1.54) is 0 Å². The molecule has 1 aromatic carbocycles. The number of ether oxygens (including phenoxy) is 1. The highest BCUT2D eigenvalue weighted by molar-refractivity contribution is 6.32. The van der Waals surface area contributed by atoms with Crippen molar-refractivity contribution in [1.29, 1.82) is 0 Å². The van der Waals surface area contributed by atoms with Gasteiger partial charge in [0.15, 0.2) is 0 Å². The van der Waals surface area contributed by atoms with E-state index >= 15 is 0 Å². The van der Waals surface area contributed by atoms with Crippen LogP contribution in [0.2, 0.25) is 10.0 Å². The fourth-order valence-electron chi connectivity index (χ4n) is 3.36. The molecule has 8 nitrogen and oxygen atoms in total. The number of pyridine rings is 1. The number of carbonyl (C=O) groups is 1. The van der Waals surface area contributed by atoms with Gasteiger partial charge in [0.2, 0.25) is 11.8 Å². The predicted octanol–water partition coefficient (Wildman–Crippen LogP) is 3.74. The van der Waals surface area contributed by atoms with Crippen LogP contribution in [0.4, 0.5) is 5.69 Å². The maximum absolute atomic E-state index is 12.8. The predicted molar refractivity (Wildman–Crippen MR) is 118 cm³/mol. The van der Waals surface area contributed by atoms with Crippen LogP contribution >= 0.6 is 23.2 Å². The Bertz CT molecular complexity index is 1080. The van der Waals surface area contributed by atoms with Crippen LogP contribution in [0.15, 0.2) is 42.6 Å². The van der Waals surface area contributed by atoms with E-state index in [1.807, 2.05) is 6.07 Å². The van der Waals surface area contributed by atoms with Crippen molar-refractivity contribution in [2.45, 2.75) is 13.5 Å². The third kappa shape index (κ3) is 4.70. The molecule has 10 heteroatoms. The number of rotatable bonds is 5. The number of phenolic OH excluding ortho intramolecular Hbond substituents is 1. The first-order chi connectivity index (χ1) is 14.9. The number of piperazine rings is 1. The van der Waals surface area contributed by atoms with Crippen molar-refractivity contribution in [2.75, 3.05) is 31.1 Å². The van der Waals surface area contributed by atoms with Gasteiger partial charge in [-0.25, -0.2) is 4.98 Å². The number of nitrogens with zero attached hydrogens (tertiary/aromatic N) is 5. The molecule has 162 valence electrons. The zero-order chi connectivity index (χ0) is 22.0. The zero-order valence-electron chi connectivity index (χ0n) is 16.8. The second-order valence-electron chi connectivity index (χ2n) is 7.14. The minimum atomic E-state index is -0.0507. The molecule has 1 amide bonds. The Labute approximate surface area is 189 Å². The second kappa shape index (κ2) is 9.03. The first-order valence-electron chi connectivity index (χ1n) is 9.75. The Morgan fingerprint density at radius 3 is 2.61 bits per heavy atom. The molecule has 1 aliphatic rings. The molecule has 0 radical (unpaired) electrons. The first kappa shape index (κ1) is 21.3. The number of benzene rings is 1. The van der Waals surface area contributed by atoms with Crippen molar-refractivity contribution in [3.8, 4) is 17.5 Å². The molecule has 0 bridgehead atoms. The van der Waals surface area contributed by atoms with E-state index in [9.17, 15) is 9.90 Å². The minimum absolute atomic E-state index is 0.0486. The van der Waals surface area contributed by atoms with Crippen molar-refractivity contribution in [2.24, 2.45) is 0 Å². The van der Waals surface area contributed by atoms with E-state index < -0.39 is 0 Å². The van der Waals surface area contributed by atoms with E-state index in [-0.39, 0.29) is 24.1 Å². The van der Waals surface area contributed by atoms with Crippen LogP contribution in [0.1, 0.15) is 5.69 Å². The van der Waals surface area contributed by atoms with Crippen molar-refractivity contribution >= 4 is 34.8 Å². The summed E-state index contributed by atoms with van der Waals surface area (Å²) < 4.78 is 7.19. The molecule has 1 saturated heterocycles. The normalized spacial score (nSPS) is 14.0. The van der Waals surface area contributed by atoms with Gasteiger partial charge in [0.1, 0.15) is 17.3 Å². The highest BCUT2D eigenvalue weighted by atomic mass is 35.5. The van der Waals surface area contributed by atoms with Crippen molar-refractivity contribution < 1.29 is 14.6 Å². The monoisotopic (exact) mass is 461 g/mol. The molecule has 0 atom stereocenters. The summed E-state index contributed by atoms with van der Waals surface area (Å²) in [7, 11) is 0. The van der Waals surface area contributed by atoms with E-state index in [1.54, 1.807) is 53.0 Å². The SMILES string of the molecule is Cc1c(Cl)c(Oc2ccccn2)nn1CC(=O)N1CCN(c2ccc(Cl)c(O)c2)CC1. The molecule has 2 aromatic heterocycles. The van der Waals surface area contributed by atoms with Gasteiger partial charge in [-0.1, -0.05) is 29.3 Å². The topological polar surface area (TPSA) is 83.7 Å². The molecular formula is C21H21Cl2N5O3. The molecule has 0 saturated carbocycles. The highest BCUT2D eigenvalue weighted by Crippen LogP contribution is 2.31. The van der Waals surface area contributed by atoms with Crippen LogP contribution in [0.3, 0.4) is 0 Å². The number of hydrogen-bond donors (Lipinski definition) is 1. The van der Waals surface area contributed by atoms with Gasteiger partial charge in [-0.15, -0.1) is 5.10 Å². The molecule has 0 spiro atoms. The zero-order valence-corrected chi connectivity index (χ0v) is 18.3. The Morgan fingerprint density at radius 1 is 1.16 bits per heavy atom. The Balaban J connectivity index is 1.38. The van der Waals surface area contributed by atoms with Gasteiger partial charge in [-0.2, -0.15) is 0 Å². The van der Waals surface area contributed by atoms with Crippen LogP contribution < -0.4 is 9.64 Å². The molecule has 4 rings (SSSR count). The fourth-order valence-corrected chi connectivity index (χ4v) is 3.65. The van der Waals surface area contributed by atoms with Gasteiger partial charge in [0.05, 0.1) is 10.7 Å². The quantitative estimate of drug-likeness (QED) is 0.622. The van der Waals surface area contributed by atoms with Gasteiger partial charge in [0.25, 0.3) is 5.88 Å². The van der Waals surface area contributed by atoms with Crippen LogP contribution in [0.25, 0.3) is 0 Å². The summed E-state index contributed by atoms with van der Waals surface area (Å²) >= 11 is 12.2. The summed E-state index contributed by atoms with van der Waals surface area (Å²) in [6.45, 7) is 4.29. The van der Waals surface area contributed by atoms with Gasteiger partial charge in [0, 0.05) is 50.2 Å². The van der Waals surface area contributed by atoms with Crippen LogP contribution in [-0.2, 0) is 11.3 Å². The van der Waals surface area contributed by atoms with Gasteiger partial charge >= 0.3 is 0 Å². The lowest BCUT2D eigenvalue weighted by Gasteiger charge is -2.36. The molecule has 3 aromatic rings.